The summed E-state index contributed by atoms with van der Waals surface area (Å²) in [6.07, 6.45) is 0. The van der Waals surface area contributed by atoms with E-state index in [0.29, 0.717) is 6.54 Å². The number of nitrogens with zero attached hydrogens (tertiary/aromatic N) is 5. The molecule has 2 rings (SSSR count). The zero-order chi connectivity index (χ0) is 13.5. The third kappa shape index (κ3) is 1.69. The Morgan fingerprint density at radius 3 is 2.61 bits per heavy atom. The highest BCUT2D eigenvalue weighted by molar-refractivity contribution is 7.89. The van der Waals surface area contributed by atoms with Crippen LogP contribution in [-0.4, -0.2) is 39.8 Å². The molecule has 0 unspecified atom stereocenters. The lowest BCUT2D eigenvalue weighted by Crippen LogP contribution is -2.30. The molecule has 0 bridgehead atoms. The molecule has 0 fully saturated rings. The van der Waals surface area contributed by atoms with Crippen LogP contribution in [0.25, 0.3) is 5.65 Å². The van der Waals surface area contributed by atoms with E-state index in [2.05, 4.69) is 20.0 Å². The van der Waals surface area contributed by atoms with E-state index in [-0.39, 0.29) is 16.5 Å². The van der Waals surface area contributed by atoms with Crippen LogP contribution < -0.4 is 10.4 Å². The average Bonchev–Trinajstić information content (AvgIpc) is 2.69. The van der Waals surface area contributed by atoms with Crippen LogP contribution in [0.3, 0.4) is 0 Å². The highest BCUT2D eigenvalue weighted by Crippen LogP contribution is 2.12. The van der Waals surface area contributed by atoms with Crippen molar-refractivity contribution in [3.63, 3.8) is 0 Å². The van der Waals surface area contributed by atoms with Gasteiger partial charge >= 0.3 is 5.69 Å². The lowest BCUT2D eigenvalue weighted by Gasteiger charge is -2.01. The first kappa shape index (κ1) is 12.6. The van der Waals surface area contributed by atoms with E-state index < -0.39 is 15.7 Å². The number of aromatic nitrogens is 5. The molecule has 18 heavy (non-hydrogen) atoms. The van der Waals surface area contributed by atoms with Crippen molar-refractivity contribution in [1.82, 2.24) is 29.1 Å². The van der Waals surface area contributed by atoms with Crippen LogP contribution in [0.15, 0.2) is 9.82 Å². The number of hydrogen-bond donors (Lipinski definition) is 1. The lowest BCUT2D eigenvalue weighted by molar-refractivity contribution is 0.540. The number of hydrogen-bond acceptors (Lipinski definition) is 6. The Kier molecular flexibility index (Phi) is 2.91. The largest absolute Gasteiger partial charge is 0.353 e. The first-order valence-corrected chi connectivity index (χ1v) is 6.67. The summed E-state index contributed by atoms with van der Waals surface area (Å²) in [7, 11) is -2.51. The van der Waals surface area contributed by atoms with Gasteiger partial charge in [-0.05, 0) is 20.9 Å². The molecule has 2 aromatic heterocycles. The third-order valence-corrected chi connectivity index (χ3v) is 3.79. The zero-order valence-corrected chi connectivity index (χ0v) is 10.9. The molecule has 0 radical (unpaired) electrons. The van der Waals surface area contributed by atoms with Gasteiger partial charge < -0.3 is 0 Å². The molecule has 2 heterocycles. The Hall–Kier alpha value is -1.81. The van der Waals surface area contributed by atoms with E-state index >= 15 is 0 Å². The highest BCUT2D eigenvalue weighted by Gasteiger charge is 2.24. The predicted molar refractivity (Wildman–Crippen MR) is 61.7 cm³/mol. The van der Waals surface area contributed by atoms with Crippen molar-refractivity contribution in [3.8, 4) is 0 Å². The van der Waals surface area contributed by atoms with E-state index in [4.69, 9.17) is 0 Å². The van der Waals surface area contributed by atoms with Crippen LogP contribution in [0.2, 0.25) is 0 Å². The van der Waals surface area contributed by atoms with Gasteiger partial charge in [0.15, 0.2) is 0 Å². The predicted octanol–water partition coefficient (Wildman–Crippen LogP) is -1.48. The quantitative estimate of drug-likeness (QED) is 0.729. The monoisotopic (exact) mass is 272 g/mol. The molecule has 0 aromatic carbocycles. The topological polar surface area (TPSA) is 111 Å². The van der Waals surface area contributed by atoms with Crippen LogP contribution in [0.5, 0.6) is 0 Å². The summed E-state index contributed by atoms with van der Waals surface area (Å²) >= 11 is 0. The molecule has 0 saturated heterocycles. The lowest BCUT2D eigenvalue weighted by atomic mass is 10.7. The molecule has 10 heteroatoms. The van der Waals surface area contributed by atoms with Gasteiger partial charge in [0, 0.05) is 6.54 Å². The second-order valence-corrected chi connectivity index (χ2v) is 5.32. The van der Waals surface area contributed by atoms with Crippen LogP contribution in [-0.2, 0) is 16.6 Å². The number of fused-ring (bicyclic) bond motifs is 1. The maximum atomic E-state index is 12.0. The van der Waals surface area contributed by atoms with E-state index in [1.54, 1.807) is 6.92 Å². The zero-order valence-electron chi connectivity index (χ0n) is 10.1. The van der Waals surface area contributed by atoms with Crippen molar-refractivity contribution in [1.29, 1.82) is 0 Å². The van der Waals surface area contributed by atoms with Crippen molar-refractivity contribution in [2.24, 2.45) is 0 Å². The van der Waals surface area contributed by atoms with Crippen LogP contribution in [0.1, 0.15) is 12.7 Å². The van der Waals surface area contributed by atoms with E-state index in [1.807, 2.05) is 0 Å². The first-order chi connectivity index (χ1) is 8.42. The molecule has 98 valence electrons. The third-order valence-electron chi connectivity index (χ3n) is 2.47. The standard InChI is InChI=1S/C8H12N6O3S/c1-4-13-8(15)14-5(2)10-7(6(14)11-12-13)18(16,17)9-3/h9H,4H2,1-3H3. The second kappa shape index (κ2) is 4.14. The molecule has 0 saturated carbocycles. The summed E-state index contributed by atoms with van der Waals surface area (Å²) in [5, 5.41) is 7.09. The summed E-state index contributed by atoms with van der Waals surface area (Å²) in [5.41, 5.74) is -0.540. The van der Waals surface area contributed by atoms with Gasteiger partial charge in [-0.1, -0.05) is 5.21 Å². The van der Waals surface area contributed by atoms with Gasteiger partial charge in [0.1, 0.15) is 5.82 Å². The van der Waals surface area contributed by atoms with Gasteiger partial charge in [-0.25, -0.2) is 27.3 Å². The Labute approximate surface area is 103 Å². The van der Waals surface area contributed by atoms with E-state index in [0.717, 1.165) is 9.08 Å². The van der Waals surface area contributed by atoms with Crippen molar-refractivity contribution in [3.05, 3.63) is 16.3 Å². The van der Waals surface area contributed by atoms with Crippen LogP contribution >= 0.6 is 0 Å². The Bertz CT molecular complexity index is 759. The highest BCUT2D eigenvalue weighted by atomic mass is 32.2. The Balaban J connectivity index is 2.92. The number of aryl methyl sites for hydroxylation is 2. The number of nitrogens with one attached hydrogen (secondary N) is 1. The van der Waals surface area contributed by atoms with Gasteiger partial charge in [0.05, 0.1) is 0 Å². The fraction of sp³-hybridized carbons (Fsp3) is 0.500. The summed E-state index contributed by atoms with van der Waals surface area (Å²) < 4.78 is 27.8. The van der Waals surface area contributed by atoms with Crippen molar-refractivity contribution in [2.75, 3.05) is 7.05 Å². The van der Waals surface area contributed by atoms with Crippen LogP contribution in [0.4, 0.5) is 0 Å². The molecule has 1 N–H and O–H groups in total. The fourth-order valence-electron chi connectivity index (χ4n) is 1.54. The van der Waals surface area contributed by atoms with Gasteiger partial charge in [-0.15, -0.1) is 5.10 Å². The molecule has 0 aliphatic rings. The molecular weight excluding hydrogens is 260 g/mol. The number of rotatable bonds is 3. The molecule has 9 nitrogen and oxygen atoms in total. The normalized spacial score (nSPS) is 12.2. The van der Waals surface area contributed by atoms with Crippen molar-refractivity contribution < 1.29 is 8.42 Å². The SMILES string of the molecule is CCn1nnc2c(S(=O)(=O)NC)nc(C)n2c1=O. The fourth-order valence-corrected chi connectivity index (χ4v) is 2.36. The minimum atomic E-state index is -3.77. The average molecular weight is 272 g/mol. The molecule has 0 amide bonds. The number of imidazole rings is 1. The minimum Gasteiger partial charge on any atom is -0.245 e. The minimum absolute atomic E-state index is 0.0726. The van der Waals surface area contributed by atoms with Gasteiger partial charge in [0.2, 0.25) is 10.7 Å². The summed E-state index contributed by atoms with van der Waals surface area (Å²) in [6.45, 7) is 3.61. The van der Waals surface area contributed by atoms with Crippen molar-refractivity contribution in [2.45, 2.75) is 25.4 Å². The number of sulfonamides is 1. The molecule has 0 aliphatic heterocycles. The Morgan fingerprint density at radius 1 is 1.39 bits per heavy atom. The summed E-state index contributed by atoms with van der Waals surface area (Å²) in [5.74, 6) is 0.251. The molecular formula is C8H12N6O3S. The Morgan fingerprint density at radius 2 is 2.06 bits per heavy atom. The first-order valence-electron chi connectivity index (χ1n) is 5.18. The van der Waals surface area contributed by atoms with Gasteiger partial charge in [-0.2, -0.15) is 4.68 Å². The van der Waals surface area contributed by atoms with E-state index in [1.165, 1.54) is 14.0 Å². The summed E-state index contributed by atoms with van der Waals surface area (Å²) in [6, 6.07) is 0. The van der Waals surface area contributed by atoms with Crippen LogP contribution in [0, 0.1) is 6.92 Å². The van der Waals surface area contributed by atoms with Gasteiger partial charge in [0.25, 0.3) is 10.0 Å². The maximum absolute atomic E-state index is 12.0. The van der Waals surface area contributed by atoms with Crippen molar-refractivity contribution >= 4 is 15.7 Å². The molecule has 2 aromatic rings. The summed E-state index contributed by atoms with van der Waals surface area (Å²) in [4.78, 5) is 15.8. The maximum Gasteiger partial charge on any atom is 0.353 e. The smallest absolute Gasteiger partial charge is 0.245 e. The van der Waals surface area contributed by atoms with Gasteiger partial charge in [-0.3, -0.25) is 0 Å². The molecule has 0 aliphatic carbocycles. The van der Waals surface area contributed by atoms with E-state index in [9.17, 15) is 13.2 Å². The molecule has 0 atom stereocenters. The molecule has 0 spiro atoms. The second-order valence-electron chi connectivity index (χ2n) is 3.52.